The van der Waals surface area contributed by atoms with E-state index in [1.807, 2.05) is 20.8 Å². The third kappa shape index (κ3) is 4.47. The number of ether oxygens (including phenoxy) is 2. The van der Waals surface area contributed by atoms with Gasteiger partial charge in [-0.3, -0.25) is 0 Å². The molecule has 92 valence electrons. The lowest BCUT2D eigenvalue weighted by Crippen LogP contribution is -2.53. The molecule has 0 bridgehead atoms. The van der Waals surface area contributed by atoms with Crippen LogP contribution in [0.3, 0.4) is 0 Å². The molecule has 0 rings (SSSR count). The number of methoxy groups -OCH3 is 1. The van der Waals surface area contributed by atoms with Gasteiger partial charge in [0.2, 0.25) is 0 Å². The molecule has 0 saturated carbocycles. The third-order valence-electron chi connectivity index (χ3n) is 2.21. The van der Waals surface area contributed by atoms with Gasteiger partial charge in [-0.25, -0.2) is 0 Å². The maximum atomic E-state index is 10.1. The number of aliphatic hydroxyl groups is 2. The van der Waals surface area contributed by atoms with Crippen LogP contribution in [0.25, 0.3) is 0 Å². The van der Waals surface area contributed by atoms with E-state index in [1.165, 1.54) is 14.0 Å². The number of hydrogen-bond acceptors (Lipinski definition) is 4. The number of hydrogen-bond donors (Lipinski definition) is 2. The number of rotatable bonds is 5. The fourth-order valence-corrected chi connectivity index (χ4v) is 1.30. The van der Waals surface area contributed by atoms with Crippen LogP contribution in [0.4, 0.5) is 0 Å². The first kappa shape index (κ1) is 14.8. The van der Waals surface area contributed by atoms with Gasteiger partial charge in [-0.05, 0) is 34.1 Å². The summed E-state index contributed by atoms with van der Waals surface area (Å²) in [6, 6.07) is 0. The summed E-state index contributed by atoms with van der Waals surface area (Å²) in [5, 5.41) is 19.8. The van der Waals surface area contributed by atoms with Gasteiger partial charge in [-0.1, -0.05) is 6.92 Å². The third-order valence-corrected chi connectivity index (χ3v) is 2.21. The number of aliphatic hydroxyl groups excluding tert-OH is 1. The van der Waals surface area contributed by atoms with Gasteiger partial charge in [0.25, 0.3) is 0 Å². The molecule has 0 aromatic carbocycles. The highest BCUT2D eigenvalue weighted by Crippen LogP contribution is 2.25. The maximum absolute atomic E-state index is 10.1. The molecule has 0 aromatic rings. The highest BCUT2D eigenvalue weighted by molar-refractivity contribution is 4.86. The summed E-state index contributed by atoms with van der Waals surface area (Å²) in [5.41, 5.74) is -1.84. The Morgan fingerprint density at radius 3 is 1.93 bits per heavy atom. The average molecular weight is 220 g/mol. The van der Waals surface area contributed by atoms with Crippen molar-refractivity contribution in [1.29, 1.82) is 0 Å². The minimum absolute atomic E-state index is 0.432. The quantitative estimate of drug-likeness (QED) is 0.686. The van der Waals surface area contributed by atoms with Crippen LogP contribution in [0, 0.1) is 0 Å². The van der Waals surface area contributed by atoms with Crippen molar-refractivity contribution in [3.63, 3.8) is 0 Å². The Bertz CT molecular complexity index is 184. The Balaban J connectivity index is 4.65. The van der Waals surface area contributed by atoms with Crippen molar-refractivity contribution in [2.45, 2.75) is 64.6 Å². The molecule has 0 aromatic heterocycles. The Kier molecular flexibility index (Phi) is 5.20. The van der Waals surface area contributed by atoms with Gasteiger partial charge in [0.15, 0.2) is 6.29 Å². The zero-order chi connectivity index (χ0) is 12.3. The van der Waals surface area contributed by atoms with Crippen LogP contribution in [0.15, 0.2) is 0 Å². The minimum atomic E-state index is -1.41. The zero-order valence-corrected chi connectivity index (χ0v) is 10.6. The highest BCUT2D eigenvalue weighted by Gasteiger charge is 2.41. The summed E-state index contributed by atoms with van der Waals surface area (Å²) in [6.07, 6.45) is -1.27. The fraction of sp³-hybridized carbons (Fsp3) is 1.00. The molecule has 0 spiro atoms. The molecule has 2 N–H and O–H groups in total. The average Bonchev–Trinajstić information content (AvgIpc) is 2.10. The molecule has 0 aliphatic carbocycles. The van der Waals surface area contributed by atoms with E-state index in [2.05, 4.69) is 0 Å². The van der Waals surface area contributed by atoms with Crippen LogP contribution >= 0.6 is 0 Å². The van der Waals surface area contributed by atoms with Gasteiger partial charge in [-0.2, -0.15) is 0 Å². The molecule has 15 heavy (non-hydrogen) atoms. The van der Waals surface area contributed by atoms with E-state index in [4.69, 9.17) is 9.47 Å². The van der Waals surface area contributed by atoms with Gasteiger partial charge in [0.05, 0.1) is 11.7 Å². The van der Waals surface area contributed by atoms with Gasteiger partial charge >= 0.3 is 0 Å². The zero-order valence-electron chi connectivity index (χ0n) is 10.6. The van der Waals surface area contributed by atoms with E-state index < -0.39 is 23.6 Å². The molecule has 4 nitrogen and oxygen atoms in total. The lowest BCUT2D eigenvalue weighted by molar-refractivity contribution is -0.279. The van der Waals surface area contributed by atoms with Crippen LogP contribution in [0.2, 0.25) is 0 Å². The maximum Gasteiger partial charge on any atom is 0.188 e. The molecule has 0 aliphatic rings. The van der Waals surface area contributed by atoms with Gasteiger partial charge in [0, 0.05) is 7.11 Å². The molecule has 4 heteroatoms. The van der Waals surface area contributed by atoms with Gasteiger partial charge in [0.1, 0.15) is 5.60 Å². The fourth-order valence-electron chi connectivity index (χ4n) is 1.30. The van der Waals surface area contributed by atoms with Crippen LogP contribution in [0.5, 0.6) is 0 Å². The molecule has 3 atom stereocenters. The van der Waals surface area contributed by atoms with E-state index >= 15 is 0 Å². The van der Waals surface area contributed by atoms with Crippen LogP contribution < -0.4 is 0 Å². The first-order valence-corrected chi connectivity index (χ1v) is 5.26. The topological polar surface area (TPSA) is 58.9 Å². The summed E-state index contributed by atoms with van der Waals surface area (Å²) in [6.45, 7) is 8.91. The molecule has 0 amide bonds. The lowest BCUT2D eigenvalue weighted by atomic mass is 9.96. The molecule has 3 unspecified atom stereocenters. The van der Waals surface area contributed by atoms with Crippen LogP contribution in [-0.2, 0) is 9.47 Å². The van der Waals surface area contributed by atoms with Crippen molar-refractivity contribution in [2.24, 2.45) is 0 Å². The monoisotopic (exact) mass is 220 g/mol. The summed E-state index contributed by atoms with van der Waals surface area (Å²) in [4.78, 5) is 0. The van der Waals surface area contributed by atoms with Crippen molar-refractivity contribution < 1.29 is 19.7 Å². The van der Waals surface area contributed by atoms with E-state index in [1.54, 1.807) is 6.92 Å². The predicted octanol–water partition coefficient (Wildman–Crippen LogP) is 1.30. The van der Waals surface area contributed by atoms with E-state index in [0.29, 0.717) is 6.42 Å². The Morgan fingerprint density at radius 1 is 1.20 bits per heavy atom. The normalized spacial score (nSPS) is 20.8. The van der Waals surface area contributed by atoms with Crippen molar-refractivity contribution in [1.82, 2.24) is 0 Å². The Labute approximate surface area is 92.2 Å². The molecule has 0 radical (unpaired) electrons. The lowest BCUT2D eigenvalue weighted by Gasteiger charge is -2.38. The summed E-state index contributed by atoms with van der Waals surface area (Å²) < 4.78 is 10.6. The van der Waals surface area contributed by atoms with E-state index in [-0.39, 0.29) is 0 Å². The summed E-state index contributed by atoms with van der Waals surface area (Å²) in [5.74, 6) is 0. The first-order chi connectivity index (χ1) is 6.65. The second-order valence-electron chi connectivity index (χ2n) is 4.95. The van der Waals surface area contributed by atoms with Gasteiger partial charge < -0.3 is 19.7 Å². The van der Waals surface area contributed by atoms with Gasteiger partial charge in [-0.15, -0.1) is 0 Å². The van der Waals surface area contributed by atoms with E-state index in [9.17, 15) is 10.2 Å². The standard InChI is InChI=1S/C11H24O4/c1-7-8(12)11(5,13)9(14-6)15-10(2,3)4/h8-9,12-13H,7H2,1-6H3. The largest absolute Gasteiger partial charge is 0.390 e. The summed E-state index contributed by atoms with van der Waals surface area (Å²) >= 11 is 0. The molecule has 0 fully saturated rings. The van der Waals surface area contributed by atoms with E-state index in [0.717, 1.165) is 0 Å². The molecule has 0 aliphatic heterocycles. The second kappa shape index (κ2) is 5.25. The van der Waals surface area contributed by atoms with Crippen LogP contribution in [-0.4, -0.2) is 40.9 Å². The smallest absolute Gasteiger partial charge is 0.188 e. The SMILES string of the molecule is CCC(O)C(C)(O)C(OC)OC(C)(C)C. The molecular formula is C11H24O4. The summed E-state index contributed by atoms with van der Waals surface area (Å²) in [7, 11) is 1.45. The second-order valence-corrected chi connectivity index (χ2v) is 4.95. The van der Waals surface area contributed by atoms with Crippen molar-refractivity contribution in [3.05, 3.63) is 0 Å². The molecular weight excluding hydrogens is 196 g/mol. The highest BCUT2D eigenvalue weighted by atomic mass is 16.7. The Hall–Kier alpha value is -0.160. The predicted molar refractivity (Wildman–Crippen MR) is 58.6 cm³/mol. The molecule has 0 heterocycles. The van der Waals surface area contributed by atoms with Crippen molar-refractivity contribution in [3.8, 4) is 0 Å². The van der Waals surface area contributed by atoms with Crippen molar-refractivity contribution >= 4 is 0 Å². The van der Waals surface area contributed by atoms with Crippen LogP contribution in [0.1, 0.15) is 41.0 Å². The first-order valence-electron chi connectivity index (χ1n) is 5.26. The molecule has 0 saturated heterocycles. The Morgan fingerprint density at radius 2 is 1.67 bits per heavy atom. The van der Waals surface area contributed by atoms with Crippen molar-refractivity contribution in [2.75, 3.05) is 7.11 Å². The minimum Gasteiger partial charge on any atom is -0.390 e.